The highest BCUT2D eigenvalue weighted by Crippen LogP contribution is 2.24. The number of aryl methyl sites for hydroxylation is 1. The Balaban J connectivity index is 1.65. The third kappa shape index (κ3) is 5.36. The van der Waals surface area contributed by atoms with Gasteiger partial charge in [0.05, 0.1) is 5.92 Å². The fraction of sp³-hybridized carbons (Fsp3) is 0.217. The summed E-state index contributed by atoms with van der Waals surface area (Å²) in [6.07, 6.45) is 3.48. The van der Waals surface area contributed by atoms with Gasteiger partial charge < -0.3 is 10.8 Å². The second-order valence-electron chi connectivity index (χ2n) is 6.91. The van der Waals surface area contributed by atoms with Crippen LogP contribution >= 0.6 is 12.6 Å². The molecule has 0 aliphatic heterocycles. The first-order valence-electron chi connectivity index (χ1n) is 9.28. The van der Waals surface area contributed by atoms with Crippen molar-refractivity contribution in [1.29, 1.82) is 0 Å². The van der Waals surface area contributed by atoms with E-state index in [4.69, 9.17) is 5.73 Å². The standard InChI is InChI=1S/C23H24N2O2S/c24-22-12-10-17(15-25-22)14-20(23(26)27)21(28)11-9-16-5-4-8-19(13-16)18-6-2-1-3-7-18/h1-8,10,12-13,15,20-21,28H,9,11,14H2,(H2,24,25)(H,26,27). The number of anilines is 1. The predicted molar refractivity (Wildman–Crippen MR) is 116 cm³/mol. The van der Waals surface area contributed by atoms with Gasteiger partial charge in [0.25, 0.3) is 0 Å². The molecule has 0 saturated heterocycles. The molecule has 2 aromatic carbocycles. The van der Waals surface area contributed by atoms with Gasteiger partial charge >= 0.3 is 5.97 Å². The molecule has 0 bridgehead atoms. The van der Waals surface area contributed by atoms with Crippen molar-refractivity contribution in [3.63, 3.8) is 0 Å². The van der Waals surface area contributed by atoms with Gasteiger partial charge in [0.2, 0.25) is 0 Å². The van der Waals surface area contributed by atoms with Gasteiger partial charge in [-0.1, -0.05) is 60.7 Å². The van der Waals surface area contributed by atoms with E-state index in [1.54, 1.807) is 12.3 Å². The van der Waals surface area contributed by atoms with Crippen molar-refractivity contribution in [3.8, 4) is 11.1 Å². The number of pyridine rings is 1. The Morgan fingerprint density at radius 3 is 2.43 bits per heavy atom. The molecule has 4 nitrogen and oxygen atoms in total. The van der Waals surface area contributed by atoms with Crippen LogP contribution in [0.5, 0.6) is 0 Å². The molecule has 5 heteroatoms. The molecule has 0 aliphatic rings. The summed E-state index contributed by atoms with van der Waals surface area (Å²) in [5, 5.41) is 9.40. The maximum atomic E-state index is 11.8. The van der Waals surface area contributed by atoms with E-state index < -0.39 is 11.9 Å². The maximum Gasteiger partial charge on any atom is 0.307 e. The van der Waals surface area contributed by atoms with Crippen LogP contribution in [0.25, 0.3) is 11.1 Å². The lowest BCUT2D eigenvalue weighted by molar-refractivity contribution is -0.141. The van der Waals surface area contributed by atoms with Gasteiger partial charge in [-0.25, -0.2) is 4.98 Å². The number of nitrogens with zero attached hydrogens (tertiary/aromatic N) is 1. The number of thiol groups is 1. The molecule has 1 aromatic heterocycles. The number of nitrogens with two attached hydrogens (primary N) is 1. The zero-order chi connectivity index (χ0) is 19.9. The largest absolute Gasteiger partial charge is 0.481 e. The van der Waals surface area contributed by atoms with Crippen LogP contribution in [0, 0.1) is 5.92 Å². The summed E-state index contributed by atoms with van der Waals surface area (Å²) >= 11 is 4.62. The number of benzene rings is 2. The maximum absolute atomic E-state index is 11.8. The Morgan fingerprint density at radius 2 is 1.75 bits per heavy atom. The third-order valence-corrected chi connectivity index (χ3v) is 5.47. The molecule has 2 atom stereocenters. The van der Waals surface area contributed by atoms with Gasteiger partial charge in [-0.3, -0.25) is 4.79 Å². The fourth-order valence-electron chi connectivity index (χ4n) is 3.25. The van der Waals surface area contributed by atoms with E-state index in [2.05, 4.69) is 47.9 Å². The topological polar surface area (TPSA) is 76.2 Å². The van der Waals surface area contributed by atoms with Gasteiger partial charge in [-0.05, 0) is 47.6 Å². The summed E-state index contributed by atoms with van der Waals surface area (Å²) in [6, 6.07) is 22.1. The average molecular weight is 393 g/mol. The van der Waals surface area contributed by atoms with Gasteiger partial charge in [-0.15, -0.1) is 0 Å². The van der Waals surface area contributed by atoms with Gasteiger partial charge in [-0.2, -0.15) is 12.6 Å². The van der Waals surface area contributed by atoms with E-state index in [0.29, 0.717) is 18.7 Å². The van der Waals surface area contributed by atoms with Crippen molar-refractivity contribution in [2.24, 2.45) is 5.92 Å². The Kier molecular flexibility index (Phi) is 6.71. The predicted octanol–water partition coefficient (Wildman–Crippen LogP) is 4.51. The van der Waals surface area contributed by atoms with Crippen molar-refractivity contribution < 1.29 is 9.90 Å². The molecule has 0 amide bonds. The van der Waals surface area contributed by atoms with Crippen molar-refractivity contribution in [2.45, 2.75) is 24.5 Å². The molecule has 0 radical (unpaired) electrons. The number of carboxylic acid groups (broad SMARTS) is 1. The SMILES string of the molecule is Nc1ccc(CC(C(=O)O)C(S)CCc2cccc(-c3ccccc3)c2)cn1. The van der Waals surface area contributed by atoms with E-state index in [1.807, 2.05) is 30.3 Å². The smallest absolute Gasteiger partial charge is 0.307 e. The molecule has 0 saturated carbocycles. The Morgan fingerprint density at radius 1 is 1.00 bits per heavy atom. The van der Waals surface area contributed by atoms with Crippen LogP contribution < -0.4 is 5.73 Å². The number of nitrogen functional groups attached to an aromatic ring is 1. The Bertz CT molecular complexity index is 913. The van der Waals surface area contributed by atoms with Gasteiger partial charge in [0.15, 0.2) is 0 Å². The van der Waals surface area contributed by atoms with Crippen LogP contribution in [0.1, 0.15) is 17.5 Å². The first kappa shape index (κ1) is 20.0. The highest BCUT2D eigenvalue weighted by molar-refractivity contribution is 7.81. The van der Waals surface area contributed by atoms with E-state index in [1.165, 1.54) is 11.1 Å². The molecule has 0 fully saturated rings. The summed E-state index contributed by atoms with van der Waals surface area (Å²) in [6.45, 7) is 0. The van der Waals surface area contributed by atoms with Gasteiger partial charge in [0, 0.05) is 11.4 Å². The molecule has 3 aromatic rings. The highest BCUT2D eigenvalue weighted by Gasteiger charge is 2.25. The fourth-order valence-corrected chi connectivity index (χ4v) is 3.61. The number of hydrogen-bond acceptors (Lipinski definition) is 4. The van der Waals surface area contributed by atoms with Crippen LogP contribution in [0.4, 0.5) is 5.82 Å². The molecule has 144 valence electrons. The number of hydrogen-bond donors (Lipinski definition) is 3. The van der Waals surface area contributed by atoms with Crippen molar-refractivity contribution in [2.75, 3.05) is 5.73 Å². The molecular weight excluding hydrogens is 368 g/mol. The van der Waals surface area contributed by atoms with Gasteiger partial charge in [0.1, 0.15) is 5.82 Å². The van der Waals surface area contributed by atoms with E-state index in [9.17, 15) is 9.90 Å². The second-order valence-corrected chi connectivity index (χ2v) is 7.58. The van der Waals surface area contributed by atoms with Crippen LogP contribution in [-0.4, -0.2) is 21.3 Å². The summed E-state index contributed by atoms with van der Waals surface area (Å²) in [5.41, 5.74) is 9.97. The zero-order valence-corrected chi connectivity index (χ0v) is 16.4. The lowest BCUT2D eigenvalue weighted by Crippen LogP contribution is -2.27. The molecule has 3 rings (SSSR count). The average Bonchev–Trinajstić information content (AvgIpc) is 2.72. The molecule has 2 unspecified atom stereocenters. The molecule has 3 N–H and O–H groups in total. The van der Waals surface area contributed by atoms with Crippen molar-refractivity contribution in [1.82, 2.24) is 4.98 Å². The molecule has 0 aliphatic carbocycles. The number of carboxylic acids is 1. The van der Waals surface area contributed by atoms with E-state index >= 15 is 0 Å². The van der Waals surface area contributed by atoms with Crippen molar-refractivity contribution in [3.05, 3.63) is 84.1 Å². The lowest BCUT2D eigenvalue weighted by atomic mass is 9.92. The van der Waals surface area contributed by atoms with E-state index in [0.717, 1.165) is 17.5 Å². The summed E-state index contributed by atoms with van der Waals surface area (Å²) in [7, 11) is 0. The number of aromatic nitrogens is 1. The Labute approximate surface area is 170 Å². The molecule has 0 spiro atoms. The lowest BCUT2D eigenvalue weighted by Gasteiger charge is -2.19. The minimum atomic E-state index is -0.838. The number of aliphatic carboxylic acids is 1. The quantitative estimate of drug-likeness (QED) is 0.493. The first-order valence-corrected chi connectivity index (χ1v) is 9.80. The molecule has 1 heterocycles. The van der Waals surface area contributed by atoms with Crippen LogP contribution in [0.2, 0.25) is 0 Å². The number of rotatable bonds is 8. The number of carbonyl (C=O) groups is 1. The second kappa shape index (κ2) is 9.42. The third-order valence-electron chi connectivity index (χ3n) is 4.85. The normalized spacial score (nSPS) is 13.0. The minimum Gasteiger partial charge on any atom is -0.481 e. The van der Waals surface area contributed by atoms with E-state index in [-0.39, 0.29) is 5.25 Å². The van der Waals surface area contributed by atoms with Crippen LogP contribution in [0.3, 0.4) is 0 Å². The monoisotopic (exact) mass is 392 g/mol. The van der Waals surface area contributed by atoms with Crippen molar-refractivity contribution >= 4 is 24.4 Å². The first-order chi connectivity index (χ1) is 13.5. The zero-order valence-electron chi connectivity index (χ0n) is 15.5. The molecule has 28 heavy (non-hydrogen) atoms. The summed E-state index contributed by atoms with van der Waals surface area (Å²) in [4.78, 5) is 15.8. The molecular formula is C23H24N2O2S. The van der Waals surface area contributed by atoms with Crippen LogP contribution in [-0.2, 0) is 17.6 Å². The highest BCUT2D eigenvalue weighted by atomic mass is 32.1. The minimum absolute atomic E-state index is 0.254. The summed E-state index contributed by atoms with van der Waals surface area (Å²) in [5.74, 6) is -0.989. The Hall–Kier alpha value is -2.79. The summed E-state index contributed by atoms with van der Waals surface area (Å²) < 4.78 is 0. The van der Waals surface area contributed by atoms with Crippen LogP contribution in [0.15, 0.2) is 72.9 Å².